The Morgan fingerprint density at radius 1 is 1.09 bits per heavy atom. The van der Waals surface area contributed by atoms with Crippen molar-refractivity contribution in [2.45, 2.75) is 17.2 Å². The molecule has 0 spiro atoms. The highest BCUT2D eigenvalue weighted by Gasteiger charge is 2.27. The summed E-state index contributed by atoms with van der Waals surface area (Å²) in [6, 6.07) is 15.3. The summed E-state index contributed by atoms with van der Waals surface area (Å²) in [5.74, 6) is -3.85. The Morgan fingerprint density at radius 2 is 1.80 bits per heavy atom. The van der Waals surface area contributed by atoms with Gasteiger partial charge in [-0.05, 0) is 53.8 Å². The van der Waals surface area contributed by atoms with E-state index in [1.807, 2.05) is 18.4 Å². The quantitative estimate of drug-likeness (QED) is 0.121. The van der Waals surface area contributed by atoms with Crippen LogP contribution in [0.2, 0.25) is 0 Å². The number of phenols is 1. The van der Waals surface area contributed by atoms with E-state index in [1.165, 1.54) is 23.9 Å². The highest BCUT2D eigenvalue weighted by atomic mass is 32.2. The van der Waals surface area contributed by atoms with Crippen LogP contribution in [0.1, 0.15) is 23.5 Å². The van der Waals surface area contributed by atoms with Gasteiger partial charge in [0.1, 0.15) is 17.4 Å². The average molecular weight is 491 g/mol. The molecule has 0 saturated carbocycles. The van der Waals surface area contributed by atoms with Crippen LogP contribution in [0.4, 0.5) is 0 Å². The predicted octanol–water partition coefficient (Wildman–Crippen LogP) is 4.25. The van der Waals surface area contributed by atoms with E-state index < -0.39 is 24.3 Å². The molecule has 0 saturated heterocycles. The van der Waals surface area contributed by atoms with Crippen molar-refractivity contribution in [1.82, 2.24) is 9.97 Å². The Bertz CT molecular complexity index is 1480. The standard InChI is InChI=1S/C25H22N4O5S/c1-35-20-5-3-2-4-14(20)16-8-13(15(25(33)34)11-21(30)31)9-17(22(16)32)24-28-18-7-6-12(23(26)27)10-19(18)29-24/h2-10,15,32H,11H2,1H3,(H3,26,27)(H,28,29)(H,30,31)(H,33,34). The number of benzene rings is 3. The predicted molar refractivity (Wildman–Crippen MR) is 134 cm³/mol. The molecule has 0 amide bonds. The van der Waals surface area contributed by atoms with Gasteiger partial charge in [-0.3, -0.25) is 15.0 Å². The molecule has 4 aromatic rings. The molecular weight excluding hydrogens is 468 g/mol. The van der Waals surface area contributed by atoms with Crippen LogP contribution >= 0.6 is 11.8 Å². The van der Waals surface area contributed by atoms with Crippen LogP contribution in [-0.2, 0) is 9.59 Å². The van der Waals surface area contributed by atoms with Crippen LogP contribution in [0.5, 0.6) is 5.75 Å². The van der Waals surface area contributed by atoms with E-state index >= 15 is 0 Å². The first-order valence-electron chi connectivity index (χ1n) is 10.5. The topological polar surface area (TPSA) is 173 Å². The number of amidine groups is 1. The normalized spacial score (nSPS) is 11.9. The third-order valence-electron chi connectivity index (χ3n) is 5.66. The van der Waals surface area contributed by atoms with E-state index in [2.05, 4.69) is 9.97 Å². The second-order valence-electron chi connectivity index (χ2n) is 7.88. The number of phenolic OH excluding ortho intramolecular Hbond substituents is 1. The van der Waals surface area contributed by atoms with Crippen LogP contribution in [0.3, 0.4) is 0 Å². The van der Waals surface area contributed by atoms with Gasteiger partial charge in [-0.2, -0.15) is 0 Å². The van der Waals surface area contributed by atoms with E-state index in [-0.39, 0.29) is 28.5 Å². The molecule has 1 aromatic heterocycles. The number of imidazole rings is 1. The third kappa shape index (κ3) is 4.69. The van der Waals surface area contributed by atoms with Crippen molar-refractivity contribution in [1.29, 1.82) is 5.41 Å². The fourth-order valence-corrected chi connectivity index (χ4v) is 4.55. The van der Waals surface area contributed by atoms with Crippen molar-refractivity contribution in [3.8, 4) is 28.3 Å². The Balaban J connectivity index is 1.99. The van der Waals surface area contributed by atoms with Gasteiger partial charge >= 0.3 is 11.9 Å². The number of rotatable bonds is 8. The Labute approximate surface area is 204 Å². The number of nitrogens with one attached hydrogen (secondary N) is 2. The first kappa shape index (κ1) is 23.8. The number of carbonyl (C=O) groups is 2. The average Bonchev–Trinajstić information content (AvgIpc) is 3.25. The molecule has 9 nitrogen and oxygen atoms in total. The summed E-state index contributed by atoms with van der Waals surface area (Å²) in [5, 5.41) is 38.1. The van der Waals surface area contributed by atoms with E-state index in [0.717, 1.165) is 4.90 Å². The largest absolute Gasteiger partial charge is 0.507 e. The summed E-state index contributed by atoms with van der Waals surface area (Å²) in [6.45, 7) is 0. The zero-order valence-corrected chi connectivity index (χ0v) is 19.4. The number of H-pyrrole nitrogens is 1. The lowest BCUT2D eigenvalue weighted by atomic mass is 9.89. The first-order chi connectivity index (χ1) is 16.7. The molecule has 35 heavy (non-hydrogen) atoms. The number of aromatic amines is 1. The molecule has 4 rings (SSSR count). The van der Waals surface area contributed by atoms with Crippen LogP contribution in [0.25, 0.3) is 33.5 Å². The van der Waals surface area contributed by atoms with Gasteiger partial charge in [0.15, 0.2) is 0 Å². The maximum atomic E-state index is 12.0. The maximum absolute atomic E-state index is 12.0. The Hall–Kier alpha value is -4.31. The van der Waals surface area contributed by atoms with E-state index in [1.54, 1.807) is 30.3 Å². The summed E-state index contributed by atoms with van der Waals surface area (Å²) in [6.07, 6.45) is 1.27. The molecule has 178 valence electrons. The van der Waals surface area contributed by atoms with Crippen molar-refractivity contribution in [2.75, 3.05) is 6.26 Å². The molecule has 0 aliphatic heterocycles. The zero-order chi connectivity index (χ0) is 25.3. The molecule has 1 unspecified atom stereocenters. The lowest BCUT2D eigenvalue weighted by Gasteiger charge is -2.17. The minimum atomic E-state index is -1.33. The second kappa shape index (κ2) is 9.51. The zero-order valence-electron chi connectivity index (χ0n) is 18.6. The van der Waals surface area contributed by atoms with Crippen molar-refractivity contribution in [3.05, 3.63) is 65.7 Å². The SMILES string of the molecule is CSc1ccccc1-c1cc(C(CC(=O)O)C(=O)O)cc(-c2nc3cc(C(=N)N)ccc3[nH]2)c1O. The van der Waals surface area contributed by atoms with Gasteiger partial charge in [0.25, 0.3) is 0 Å². The number of aromatic nitrogens is 2. The summed E-state index contributed by atoms with van der Waals surface area (Å²) < 4.78 is 0. The molecule has 7 N–H and O–H groups in total. The molecule has 0 fully saturated rings. The number of nitrogens with zero attached hydrogens (tertiary/aromatic N) is 1. The molecule has 1 heterocycles. The molecule has 0 bridgehead atoms. The number of thioether (sulfide) groups is 1. The Kier molecular flexibility index (Phi) is 6.48. The summed E-state index contributed by atoms with van der Waals surface area (Å²) >= 11 is 1.46. The van der Waals surface area contributed by atoms with E-state index in [0.29, 0.717) is 27.7 Å². The van der Waals surface area contributed by atoms with Crippen molar-refractivity contribution in [2.24, 2.45) is 5.73 Å². The van der Waals surface area contributed by atoms with Gasteiger partial charge in [0.05, 0.1) is 28.9 Å². The monoisotopic (exact) mass is 490 g/mol. The molecule has 1 atom stereocenters. The summed E-state index contributed by atoms with van der Waals surface area (Å²) in [7, 11) is 0. The molecule has 0 aliphatic rings. The number of nitrogens with two attached hydrogens (primary N) is 1. The summed E-state index contributed by atoms with van der Waals surface area (Å²) in [4.78, 5) is 31.9. The lowest BCUT2D eigenvalue weighted by Crippen LogP contribution is -2.16. The molecule has 3 aromatic carbocycles. The van der Waals surface area contributed by atoms with Gasteiger partial charge in [-0.1, -0.05) is 18.2 Å². The van der Waals surface area contributed by atoms with Crippen molar-refractivity contribution >= 4 is 40.6 Å². The van der Waals surface area contributed by atoms with E-state index in [9.17, 15) is 24.9 Å². The number of carboxylic acid groups (broad SMARTS) is 2. The number of nitrogen functional groups attached to an aromatic ring is 1. The van der Waals surface area contributed by atoms with Gasteiger partial charge in [0, 0.05) is 16.0 Å². The minimum absolute atomic E-state index is 0.116. The highest BCUT2D eigenvalue weighted by molar-refractivity contribution is 7.98. The van der Waals surface area contributed by atoms with Gasteiger partial charge in [-0.15, -0.1) is 11.8 Å². The lowest BCUT2D eigenvalue weighted by molar-refractivity contribution is -0.145. The molecule has 10 heteroatoms. The Morgan fingerprint density at radius 3 is 2.46 bits per heavy atom. The number of hydrogen-bond acceptors (Lipinski definition) is 6. The third-order valence-corrected chi connectivity index (χ3v) is 6.45. The van der Waals surface area contributed by atoms with Crippen molar-refractivity contribution < 1.29 is 24.9 Å². The minimum Gasteiger partial charge on any atom is -0.507 e. The molecular formula is C25H22N4O5S. The molecule has 0 radical (unpaired) electrons. The van der Waals surface area contributed by atoms with Crippen LogP contribution in [0, 0.1) is 5.41 Å². The van der Waals surface area contributed by atoms with Gasteiger partial charge in [0.2, 0.25) is 0 Å². The number of fused-ring (bicyclic) bond motifs is 1. The van der Waals surface area contributed by atoms with Crippen molar-refractivity contribution in [3.63, 3.8) is 0 Å². The smallest absolute Gasteiger partial charge is 0.311 e. The second-order valence-corrected chi connectivity index (χ2v) is 8.73. The van der Waals surface area contributed by atoms with Gasteiger partial charge < -0.3 is 26.0 Å². The highest BCUT2D eigenvalue weighted by Crippen LogP contribution is 2.43. The van der Waals surface area contributed by atoms with Crippen LogP contribution < -0.4 is 5.73 Å². The van der Waals surface area contributed by atoms with Crippen LogP contribution in [-0.4, -0.2) is 49.3 Å². The first-order valence-corrected chi connectivity index (χ1v) is 11.7. The maximum Gasteiger partial charge on any atom is 0.311 e. The summed E-state index contributed by atoms with van der Waals surface area (Å²) in [5.41, 5.74) is 8.68. The number of aromatic hydroxyl groups is 1. The number of hydrogen-bond donors (Lipinski definition) is 6. The number of aliphatic carboxylic acids is 2. The van der Waals surface area contributed by atoms with Crippen LogP contribution in [0.15, 0.2) is 59.5 Å². The fraction of sp³-hybridized carbons (Fsp3) is 0.120. The number of carboxylic acids is 2. The van der Waals surface area contributed by atoms with E-state index in [4.69, 9.17) is 11.1 Å². The molecule has 0 aliphatic carbocycles. The van der Waals surface area contributed by atoms with Gasteiger partial charge in [-0.25, -0.2) is 4.98 Å². The fourth-order valence-electron chi connectivity index (χ4n) is 3.93.